The summed E-state index contributed by atoms with van der Waals surface area (Å²) in [6.45, 7) is 0. The number of carbonyl (C=O) groups is 1. The molecule has 1 rings (SSSR count). The minimum absolute atomic E-state index is 0.305. The molecule has 0 saturated heterocycles. The van der Waals surface area contributed by atoms with Crippen molar-refractivity contribution in [3.63, 3.8) is 0 Å². The summed E-state index contributed by atoms with van der Waals surface area (Å²) in [7, 11) is 0. The van der Waals surface area contributed by atoms with Crippen molar-refractivity contribution in [3.05, 3.63) is 28.8 Å². The van der Waals surface area contributed by atoms with Crippen molar-refractivity contribution in [2.75, 3.05) is 0 Å². The van der Waals surface area contributed by atoms with Gasteiger partial charge in [-0.05, 0) is 18.2 Å². The molecule has 1 aromatic carbocycles. The Bertz CT molecular complexity index is 300. The first-order chi connectivity index (χ1) is 5.11. The summed E-state index contributed by atoms with van der Waals surface area (Å²) >= 11 is 9.69. The number of rotatable bonds is 1. The first kappa shape index (κ1) is 8.43. The van der Waals surface area contributed by atoms with E-state index < -0.39 is 5.91 Å². The SMILES string of the molecule is NC(=O)c1cc(S)ccc1Cl. The molecule has 0 unspecified atom stereocenters. The third-order valence-electron chi connectivity index (χ3n) is 1.22. The van der Waals surface area contributed by atoms with Gasteiger partial charge in [-0.15, -0.1) is 12.6 Å². The quantitative estimate of drug-likeness (QED) is 0.647. The smallest absolute Gasteiger partial charge is 0.250 e. The molecule has 0 aliphatic carbocycles. The van der Waals surface area contributed by atoms with Crippen LogP contribution in [-0.2, 0) is 0 Å². The Balaban J connectivity index is 3.23. The van der Waals surface area contributed by atoms with Crippen LogP contribution in [-0.4, -0.2) is 5.91 Å². The number of hydrogen-bond acceptors (Lipinski definition) is 2. The molecule has 2 nitrogen and oxygen atoms in total. The number of primary amides is 1. The van der Waals surface area contributed by atoms with Gasteiger partial charge in [-0.1, -0.05) is 11.6 Å². The molecule has 4 heteroatoms. The van der Waals surface area contributed by atoms with Gasteiger partial charge in [-0.3, -0.25) is 4.79 Å². The van der Waals surface area contributed by atoms with E-state index in [4.69, 9.17) is 17.3 Å². The third kappa shape index (κ3) is 1.88. The number of halogens is 1. The molecule has 1 amide bonds. The van der Waals surface area contributed by atoms with Crippen LogP contribution in [0.4, 0.5) is 0 Å². The Labute approximate surface area is 74.8 Å². The molecule has 0 aliphatic rings. The highest BCUT2D eigenvalue weighted by Crippen LogP contribution is 2.18. The lowest BCUT2D eigenvalue weighted by atomic mass is 10.2. The minimum Gasteiger partial charge on any atom is -0.366 e. The molecule has 0 atom stereocenters. The van der Waals surface area contributed by atoms with Gasteiger partial charge in [0.15, 0.2) is 0 Å². The molecule has 0 radical (unpaired) electrons. The van der Waals surface area contributed by atoms with Gasteiger partial charge in [0.1, 0.15) is 0 Å². The van der Waals surface area contributed by atoms with Crippen LogP contribution in [0.3, 0.4) is 0 Å². The molecule has 0 fully saturated rings. The predicted molar refractivity (Wildman–Crippen MR) is 47.2 cm³/mol. The van der Waals surface area contributed by atoms with E-state index in [2.05, 4.69) is 12.6 Å². The maximum atomic E-state index is 10.7. The lowest BCUT2D eigenvalue weighted by Crippen LogP contribution is -2.11. The van der Waals surface area contributed by atoms with Gasteiger partial charge in [0.25, 0.3) is 0 Å². The Morgan fingerprint density at radius 3 is 2.64 bits per heavy atom. The van der Waals surface area contributed by atoms with Crippen LogP contribution in [0.5, 0.6) is 0 Å². The van der Waals surface area contributed by atoms with E-state index in [1.165, 1.54) is 6.07 Å². The third-order valence-corrected chi connectivity index (χ3v) is 1.82. The minimum atomic E-state index is -0.536. The first-order valence-corrected chi connectivity index (χ1v) is 3.72. The summed E-state index contributed by atoms with van der Waals surface area (Å²) in [4.78, 5) is 11.3. The van der Waals surface area contributed by atoms with Crippen LogP contribution in [0.2, 0.25) is 5.02 Å². The second kappa shape index (κ2) is 3.15. The summed E-state index contributed by atoms with van der Waals surface area (Å²) in [5.41, 5.74) is 5.33. The van der Waals surface area contributed by atoms with Gasteiger partial charge in [-0.25, -0.2) is 0 Å². The lowest BCUT2D eigenvalue weighted by Gasteiger charge is -1.98. The zero-order valence-corrected chi connectivity index (χ0v) is 7.19. The van der Waals surface area contributed by atoms with Crippen LogP contribution < -0.4 is 5.73 Å². The van der Waals surface area contributed by atoms with Gasteiger partial charge < -0.3 is 5.73 Å². The van der Waals surface area contributed by atoms with Crippen molar-refractivity contribution in [2.24, 2.45) is 5.73 Å². The zero-order chi connectivity index (χ0) is 8.43. The molecule has 58 valence electrons. The summed E-state index contributed by atoms with van der Waals surface area (Å²) in [5.74, 6) is -0.536. The van der Waals surface area contributed by atoms with Crippen molar-refractivity contribution in [2.45, 2.75) is 4.90 Å². The second-order valence-electron chi connectivity index (χ2n) is 2.03. The fourth-order valence-corrected chi connectivity index (χ4v) is 1.12. The van der Waals surface area contributed by atoms with Crippen molar-refractivity contribution < 1.29 is 4.79 Å². The fraction of sp³-hybridized carbons (Fsp3) is 0. The van der Waals surface area contributed by atoms with E-state index in [0.717, 1.165) is 0 Å². The van der Waals surface area contributed by atoms with Crippen molar-refractivity contribution in [1.82, 2.24) is 0 Å². The summed E-state index contributed by atoms with van der Waals surface area (Å²) in [6.07, 6.45) is 0. The van der Waals surface area contributed by atoms with Crippen LogP contribution >= 0.6 is 24.2 Å². The standard InChI is InChI=1S/C7H6ClNOS/c8-6-2-1-4(11)3-5(6)7(9)10/h1-3,11H,(H2,9,10). The normalized spacial score (nSPS) is 9.64. The van der Waals surface area contributed by atoms with Crippen LogP contribution in [0.25, 0.3) is 0 Å². The molecule has 0 bridgehead atoms. The molecular formula is C7H6ClNOS. The number of nitrogens with two attached hydrogens (primary N) is 1. The summed E-state index contributed by atoms with van der Waals surface area (Å²) < 4.78 is 0. The van der Waals surface area contributed by atoms with Gasteiger partial charge in [0, 0.05) is 4.90 Å². The molecule has 1 aromatic rings. The van der Waals surface area contributed by atoms with Gasteiger partial charge in [-0.2, -0.15) is 0 Å². The van der Waals surface area contributed by atoms with Crippen LogP contribution in [0.1, 0.15) is 10.4 Å². The van der Waals surface area contributed by atoms with Gasteiger partial charge >= 0.3 is 0 Å². The molecule has 2 N–H and O–H groups in total. The van der Waals surface area contributed by atoms with Crippen molar-refractivity contribution >= 4 is 30.1 Å². The monoisotopic (exact) mass is 187 g/mol. The summed E-state index contributed by atoms with van der Waals surface area (Å²) in [5, 5.41) is 0.357. The Morgan fingerprint density at radius 1 is 1.55 bits per heavy atom. The summed E-state index contributed by atoms with van der Waals surface area (Å²) in [6, 6.07) is 4.82. The molecule has 0 heterocycles. The van der Waals surface area contributed by atoms with E-state index in [0.29, 0.717) is 15.5 Å². The fourth-order valence-electron chi connectivity index (χ4n) is 0.702. The van der Waals surface area contributed by atoms with Crippen molar-refractivity contribution in [3.8, 4) is 0 Å². The van der Waals surface area contributed by atoms with Crippen LogP contribution in [0, 0.1) is 0 Å². The Morgan fingerprint density at radius 2 is 2.18 bits per heavy atom. The molecule has 0 spiro atoms. The Hall–Kier alpha value is -0.670. The average molecular weight is 188 g/mol. The largest absolute Gasteiger partial charge is 0.366 e. The van der Waals surface area contributed by atoms with E-state index in [1.807, 2.05) is 0 Å². The maximum absolute atomic E-state index is 10.7. The highest BCUT2D eigenvalue weighted by Gasteiger charge is 2.05. The molecule has 0 saturated carbocycles. The van der Waals surface area contributed by atoms with Crippen molar-refractivity contribution in [1.29, 1.82) is 0 Å². The van der Waals surface area contributed by atoms with Gasteiger partial charge in [0.2, 0.25) is 5.91 Å². The van der Waals surface area contributed by atoms with E-state index in [-0.39, 0.29) is 0 Å². The topological polar surface area (TPSA) is 43.1 Å². The number of amides is 1. The maximum Gasteiger partial charge on any atom is 0.250 e. The molecule has 0 aromatic heterocycles. The van der Waals surface area contributed by atoms with Gasteiger partial charge in [0.05, 0.1) is 10.6 Å². The highest BCUT2D eigenvalue weighted by atomic mass is 35.5. The van der Waals surface area contributed by atoms with E-state index in [9.17, 15) is 4.79 Å². The molecule has 0 aliphatic heterocycles. The second-order valence-corrected chi connectivity index (χ2v) is 2.95. The molecular weight excluding hydrogens is 182 g/mol. The van der Waals surface area contributed by atoms with E-state index in [1.54, 1.807) is 12.1 Å². The number of thiol groups is 1. The molecule has 11 heavy (non-hydrogen) atoms. The number of hydrogen-bond donors (Lipinski definition) is 2. The number of benzene rings is 1. The Kier molecular flexibility index (Phi) is 2.42. The predicted octanol–water partition coefficient (Wildman–Crippen LogP) is 1.73. The first-order valence-electron chi connectivity index (χ1n) is 2.89. The van der Waals surface area contributed by atoms with Crippen LogP contribution in [0.15, 0.2) is 23.1 Å². The highest BCUT2D eigenvalue weighted by molar-refractivity contribution is 7.80. The lowest BCUT2D eigenvalue weighted by molar-refractivity contribution is 0.100. The zero-order valence-electron chi connectivity index (χ0n) is 5.54. The van der Waals surface area contributed by atoms with E-state index >= 15 is 0 Å². The number of carbonyl (C=O) groups excluding carboxylic acids is 1. The average Bonchev–Trinajstić information content (AvgIpc) is 1.94.